The third-order valence-electron chi connectivity index (χ3n) is 3.10. The topological polar surface area (TPSA) is 24.1 Å². The van der Waals surface area contributed by atoms with Gasteiger partial charge in [-0.3, -0.25) is 0 Å². The molecule has 0 aliphatic rings. The van der Waals surface area contributed by atoms with Crippen LogP contribution in [0.4, 0.5) is 14.5 Å². The number of rotatable bonds is 6. The molecule has 0 radical (unpaired) electrons. The van der Waals surface area contributed by atoms with Crippen LogP contribution >= 0.6 is 24.0 Å². The van der Waals surface area contributed by atoms with Crippen LogP contribution in [0.3, 0.4) is 0 Å². The SMILES string of the molecule is Cc1ccc(CSCCNC(=S)Nc2ccc(F)c(F)c2)cc1. The number of nitrogens with one attached hydrogen (secondary N) is 2. The molecule has 0 amide bonds. The minimum atomic E-state index is -0.897. The zero-order valence-corrected chi connectivity index (χ0v) is 14.4. The van der Waals surface area contributed by atoms with Crippen molar-refractivity contribution in [2.45, 2.75) is 12.7 Å². The Morgan fingerprint density at radius 3 is 2.52 bits per heavy atom. The summed E-state index contributed by atoms with van der Waals surface area (Å²) in [6.45, 7) is 2.77. The maximum Gasteiger partial charge on any atom is 0.170 e. The molecule has 2 rings (SSSR count). The number of hydrogen-bond acceptors (Lipinski definition) is 2. The molecule has 6 heteroatoms. The lowest BCUT2D eigenvalue weighted by atomic mass is 10.2. The maximum atomic E-state index is 13.1. The van der Waals surface area contributed by atoms with Crippen LogP contribution in [-0.4, -0.2) is 17.4 Å². The summed E-state index contributed by atoms with van der Waals surface area (Å²) < 4.78 is 25.9. The van der Waals surface area contributed by atoms with Crippen molar-refractivity contribution in [1.29, 1.82) is 0 Å². The zero-order valence-electron chi connectivity index (χ0n) is 12.7. The smallest absolute Gasteiger partial charge is 0.170 e. The van der Waals surface area contributed by atoms with Crippen LogP contribution in [0, 0.1) is 18.6 Å². The molecule has 0 aliphatic carbocycles. The number of aryl methyl sites for hydroxylation is 1. The lowest BCUT2D eigenvalue weighted by Gasteiger charge is -2.10. The highest BCUT2D eigenvalue weighted by molar-refractivity contribution is 7.98. The lowest BCUT2D eigenvalue weighted by molar-refractivity contribution is 0.509. The van der Waals surface area contributed by atoms with Gasteiger partial charge in [-0.15, -0.1) is 0 Å². The quantitative estimate of drug-likeness (QED) is 0.591. The number of halogens is 2. The second kappa shape index (κ2) is 8.84. The molecule has 0 spiro atoms. The summed E-state index contributed by atoms with van der Waals surface area (Å²) >= 11 is 6.93. The predicted molar refractivity (Wildman–Crippen MR) is 97.9 cm³/mol. The molecule has 0 atom stereocenters. The minimum Gasteiger partial charge on any atom is -0.362 e. The molecule has 2 aromatic rings. The van der Waals surface area contributed by atoms with Crippen molar-refractivity contribution >= 4 is 34.8 Å². The number of benzene rings is 2. The predicted octanol–water partition coefficient (Wildman–Crippen LogP) is 4.49. The average Bonchev–Trinajstić information content (AvgIpc) is 2.52. The first-order chi connectivity index (χ1) is 11.0. The number of hydrogen-bond donors (Lipinski definition) is 2. The zero-order chi connectivity index (χ0) is 16.7. The van der Waals surface area contributed by atoms with Crippen LogP contribution in [-0.2, 0) is 5.75 Å². The summed E-state index contributed by atoms with van der Waals surface area (Å²) in [5.41, 5.74) is 2.98. The van der Waals surface area contributed by atoms with Gasteiger partial charge in [0.2, 0.25) is 0 Å². The third-order valence-corrected chi connectivity index (χ3v) is 4.38. The van der Waals surface area contributed by atoms with Crippen LogP contribution < -0.4 is 10.6 Å². The molecule has 2 N–H and O–H groups in total. The standard InChI is InChI=1S/C17H18F2N2S2/c1-12-2-4-13(5-3-12)11-23-9-8-20-17(22)21-14-6-7-15(18)16(19)10-14/h2-7,10H,8-9,11H2,1H3,(H2,20,21,22). The Morgan fingerprint density at radius 2 is 1.83 bits per heavy atom. The van der Waals surface area contributed by atoms with E-state index in [4.69, 9.17) is 12.2 Å². The summed E-state index contributed by atoms with van der Waals surface area (Å²) in [6, 6.07) is 12.1. The Balaban J connectivity index is 1.64. The van der Waals surface area contributed by atoms with Crippen molar-refractivity contribution in [2.75, 3.05) is 17.6 Å². The molecule has 0 fully saturated rings. The number of thioether (sulfide) groups is 1. The fourth-order valence-electron chi connectivity index (χ4n) is 1.86. The van der Waals surface area contributed by atoms with Gasteiger partial charge in [-0.1, -0.05) is 29.8 Å². The van der Waals surface area contributed by atoms with Gasteiger partial charge in [0.05, 0.1) is 0 Å². The van der Waals surface area contributed by atoms with Gasteiger partial charge < -0.3 is 10.6 Å². The Kier molecular flexibility index (Phi) is 6.80. The van der Waals surface area contributed by atoms with Gasteiger partial charge in [0.25, 0.3) is 0 Å². The number of anilines is 1. The van der Waals surface area contributed by atoms with Gasteiger partial charge in [0, 0.05) is 29.8 Å². The molecule has 0 unspecified atom stereocenters. The summed E-state index contributed by atoms with van der Waals surface area (Å²) in [5, 5.41) is 6.27. The van der Waals surface area contributed by atoms with Crippen LogP contribution in [0.1, 0.15) is 11.1 Å². The normalized spacial score (nSPS) is 10.4. The maximum absolute atomic E-state index is 13.1. The van der Waals surface area contributed by atoms with E-state index in [2.05, 4.69) is 41.8 Å². The molecule has 0 bridgehead atoms. The van der Waals surface area contributed by atoms with E-state index >= 15 is 0 Å². The summed E-state index contributed by atoms with van der Waals surface area (Å²) in [4.78, 5) is 0. The molecule has 0 saturated carbocycles. The fraction of sp³-hybridized carbons (Fsp3) is 0.235. The van der Waals surface area contributed by atoms with Crippen LogP contribution in [0.5, 0.6) is 0 Å². The molecule has 122 valence electrons. The van der Waals surface area contributed by atoms with Gasteiger partial charge in [-0.2, -0.15) is 11.8 Å². The monoisotopic (exact) mass is 352 g/mol. The molecule has 0 heterocycles. The molecule has 2 nitrogen and oxygen atoms in total. The summed E-state index contributed by atoms with van der Waals surface area (Å²) in [6.07, 6.45) is 0. The molecular weight excluding hydrogens is 334 g/mol. The van der Waals surface area contributed by atoms with Crippen LogP contribution in [0.25, 0.3) is 0 Å². The van der Waals surface area contributed by atoms with Crippen molar-refractivity contribution in [2.24, 2.45) is 0 Å². The fourth-order valence-corrected chi connectivity index (χ4v) is 2.90. The lowest BCUT2D eigenvalue weighted by Crippen LogP contribution is -2.30. The van der Waals surface area contributed by atoms with Gasteiger partial charge in [-0.25, -0.2) is 8.78 Å². The van der Waals surface area contributed by atoms with Gasteiger partial charge in [0.1, 0.15) is 0 Å². The molecular formula is C17H18F2N2S2. The highest BCUT2D eigenvalue weighted by Gasteiger charge is 2.03. The van der Waals surface area contributed by atoms with E-state index in [1.807, 2.05) is 0 Å². The molecule has 0 aromatic heterocycles. The first-order valence-electron chi connectivity index (χ1n) is 7.18. The van der Waals surface area contributed by atoms with E-state index in [0.717, 1.165) is 23.6 Å². The van der Waals surface area contributed by atoms with E-state index in [0.29, 0.717) is 17.3 Å². The largest absolute Gasteiger partial charge is 0.362 e. The Morgan fingerprint density at radius 1 is 1.09 bits per heavy atom. The molecule has 2 aromatic carbocycles. The van der Waals surface area contributed by atoms with E-state index < -0.39 is 11.6 Å². The average molecular weight is 352 g/mol. The van der Waals surface area contributed by atoms with Crippen molar-refractivity contribution in [1.82, 2.24) is 5.32 Å². The first-order valence-corrected chi connectivity index (χ1v) is 8.74. The van der Waals surface area contributed by atoms with Gasteiger partial charge in [-0.05, 0) is 36.8 Å². The van der Waals surface area contributed by atoms with E-state index in [1.165, 1.54) is 17.2 Å². The van der Waals surface area contributed by atoms with Gasteiger partial charge >= 0.3 is 0 Å². The van der Waals surface area contributed by atoms with Crippen molar-refractivity contribution < 1.29 is 8.78 Å². The number of thiocarbonyl (C=S) groups is 1. The second-order valence-corrected chi connectivity index (χ2v) is 6.56. The third kappa shape index (κ3) is 6.15. The summed E-state index contributed by atoms with van der Waals surface area (Å²) in [5.74, 6) is 0.0760. The molecule has 23 heavy (non-hydrogen) atoms. The van der Waals surface area contributed by atoms with E-state index in [9.17, 15) is 8.78 Å². The Hall–Kier alpha value is -1.66. The van der Waals surface area contributed by atoms with Crippen molar-refractivity contribution in [3.63, 3.8) is 0 Å². The van der Waals surface area contributed by atoms with E-state index in [1.54, 1.807) is 11.8 Å². The Bertz CT molecular complexity index is 660. The minimum absolute atomic E-state index is 0.395. The Labute approximate surface area is 144 Å². The van der Waals surface area contributed by atoms with Crippen molar-refractivity contribution in [3.8, 4) is 0 Å². The highest BCUT2D eigenvalue weighted by atomic mass is 32.2. The van der Waals surface area contributed by atoms with Crippen LogP contribution in [0.15, 0.2) is 42.5 Å². The van der Waals surface area contributed by atoms with Crippen molar-refractivity contribution in [3.05, 3.63) is 65.2 Å². The van der Waals surface area contributed by atoms with Gasteiger partial charge in [0.15, 0.2) is 16.7 Å². The van der Waals surface area contributed by atoms with Crippen LogP contribution in [0.2, 0.25) is 0 Å². The highest BCUT2D eigenvalue weighted by Crippen LogP contribution is 2.14. The summed E-state index contributed by atoms with van der Waals surface area (Å²) in [7, 11) is 0. The first kappa shape index (κ1) is 17.7. The second-order valence-electron chi connectivity index (χ2n) is 5.05. The molecule has 0 aliphatic heterocycles. The molecule has 0 saturated heterocycles. The van der Waals surface area contributed by atoms with E-state index in [-0.39, 0.29) is 0 Å².